The van der Waals surface area contributed by atoms with Gasteiger partial charge in [-0.3, -0.25) is 9.69 Å². The molecule has 0 spiro atoms. The van der Waals surface area contributed by atoms with Crippen molar-refractivity contribution in [3.8, 4) is 11.3 Å². The Morgan fingerprint density at radius 2 is 1.84 bits per heavy atom. The summed E-state index contributed by atoms with van der Waals surface area (Å²) >= 11 is 3.36. The van der Waals surface area contributed by atoms with Gasteiger partial charge in [-0.25, -0.2) is 9.59 Å². The highest BCUT2D eigenvalue weighted by atomic mass is 79.9. The maximum absolute atomic E-state index is 12.7. The van der Waals surface area contributed by atoms with Crippen LogP contribution in [0.25, 0.3) is 17.4 Å². The van der Waals surface area contributed by atoms with E-state index >= 15 is 0 Å². The predicted octanol–water partition coefficient (Wildman–Crippen LogP) is 4.59. The molecule has 1 fully saturated rings. The Morgan fingerprint density at radius 3 is 2.58 bits per heavy atom. The van der Waals surface area contributed by atoms with Gasteiger partial charge in [0.1, 0.15) is 17.2 Å². The van der Waals surface area contributed by atoms with Crippen LogP contribution in [0.4, 0.5) is 4.79 Å². The number of methoxy groups -OCH3 is 1. The zero-order valence-electron chi connectivity index (χ0n) is 16.4. The van der Waals surface area contributed by atoms with E-state index in [1.54, 1.807) is 36.4 Å². The number of urea groups is 1. The van der Waals surface area contributed by atoms with E-state index in [0.29, 0.717) is 22.6 Å². The summed E-state index contributed by atoms with van der Waals surface area (Å²) in [5.74, 6) is -0.116. The van der Waals surface area contributed by atoms with Crippen molar-refractivity contribution < 1.29 is 23.5 Å². The van der Waals surface area contributed by atoms with Gasteiger partial charge in [0, 0.05) is 16.1 Å². The van der Waals surface area contributed by atoms with Crippen LogP contribution in [0, 0.1) is 0 Å². The first-order valence-electron chi connectivity index (χ1n) is 9.33. The molecule has 0 atom stereocenters. The number of carbonyl (C=O) groups is 3. The Hall–Kier alpha value is -3.65. The van der Waals surface area contributed by atoms with E-state index in [1.165, 1.54) is 13.2 Å². The molecule has 1 saturated heterocycles. The van der Waals surface area contributed by atoms with Gasteiger partial charge >= 0.3 is 12.0 Å². The van der Waals surface area contributed by atoms with Crippen molar-refractivity contribution in [2.75, 3.05) is 7.11 Å². The lowest BCUT2D eigenvalue weighted by atomic mass is 10.1. The molecule has 0 unspecified atom stereocenters. The molecular formula is C23H17BrN2O5. The average Bonchev–Trinajstić information content (AvgIpc) is 3.35. The molecule has 1 aromatic heterocycles. The van der Waals surface area contributed by atoms with E-state index in [4.69, 9.17) is 9.15 Å². The van der Waals surface area contributed by atoms with E-state index in [0.717, 1.165) is 14.9 Å². The van der Waals surface area contributed by atoms with Crippen LogP contribution in [0.5, 0.6) is 0 Å². The zero-order valence-corrected chi connectivity index (χ0v) is 18.0. The van der Waals surface area contributed by atoms with Crippen LogP contribution in [0.15, 0.2) is 75.3 Å². The highest BCUT2D eigenvalue weighted by Gasteiger charge is 2.33. The molecule has 7 nitrogen and oxygen atoms in total. The van der Waals surface area contributed by atoms with E-state index in [-0.39, 0.29) is 12.2 Å². The first-order valence-corrected chi connectivity index (χ1v) is 10.1. The quantitative estimate of drug-likeness (QED) is 0.327. The fourth-order valence-electron chi connectivity index (χ4n) is 3.19. The standard InChI is InChI=1S/C23H17BrN2O5/c1-30-22(28)18-5-3-2-4-17(18)20-11-10-16(31-20)12-19-21(27)26(23(29)25-19)13-14-6-8-15(24)9-7-14/h2-12H,13H2,1H3,(H,25,29)/b19-12+. The van der Waals surface area contributed by atoms with Crippen molar-refractivity contribution in [1.29, 1.82) is 0 Å². The van der Waals surface area contributed by atoms with Crippen LogP contribution in [0.2, 0.25) is 0 Å². The number of rotatable bonds is 5. The maximum Gasteiger partial charge on any atom is 0.338 e. The van der Waals surface area contributed by atoms with E-state index in [9.17, 15) is 14.4 Å². The second-order valence-electron chi connectivity index (χ2n) is 6.75. The van der Waals surface area contributed by atoms with Gasteiger partial charge in [-0.05, 0) is 35.9 Å². The number of hydrogen-bond acceptors (Lipinski definition) is 5. The molecule has 2 heterocycles. The maximum atomic E-state index is 12.7. The molecule has 0 aliphatic carbocycles. The highest BCUT2D eigenvalue weighted by molar-refractivity contribution is 9.10. The highest BCUT2D eigenvalue weighted by Crippen LogP contribution is 2.28. The van der Waals surface area contributed by atoms with Gasteiger partial charge in [-0.1, -0.05) is 46.3 Å². The van der Waals surface area contributed by atoms with Gasteiger partial charge in [0.15, 0.2) is 0 Å². The molecule has 2 aromatic carbocycles. The molecule has 0 saturated carbocycles. The number of nitrogens with zero attached hydrogens (tertiary/aromatic N) is 1. The van der Waals surface area contributed by atoms with E-state index in [1.807, 2.05) is 24.3 Å². The Bertz CT molecular complexity index is 1200. The molecule has 156 valence electrons. The lowest BCUT2D eigenvalue weighted by Crippen LogP contribution is -2.30. The number of carbonyl (C=O) groups excluding carboxylic acids is 3. The number of amides is 3. The predicted molar refractivity (Wildman–Crippen MR) is 117 cm³/mol. The Labute approximate surface area is 186 Å². The number of nitrogens with one attached hydrogen (secondary N) is 1. The minimum Gasteiger partial charge on any atom is -0.465 e. The summed E-state index contributed by atoms with van der Waals surface area (Å²) in [6.07, 6.45) is 1.46. The van der Waals surface area contributed by atoms with Gasteiger partial charge in [0.05, 0.1) is 19.2 Å². The molecule has 0 bridgehead atoms. The van der Waals surface area contributed by atoms with Crippen molar-refractivity contribution in [2.45, 2.75) is 6.54 Å². The average molecular weight is 481 g/mol. The SMILES string of the molecule is COC(=O)c1ccccc1-c1ccc(/C=C2/NC(=O)N(Cc3ccc(Br)cc3)C2=O)o1. The van der Waals surface area contributed by atoms with Crippen LogP contribution in [0.3, 0.4) is 0 Å². The minimum absolute atomic E-state index is 0.115. The smallest absolute Gasteiger partial charge is 0.338 e. The number of hydrogen-bond donors (Lipinski definition) is 1. The van der Waals surface area contributed by atoms with Crippen molar-refractivity contribution in [3.05, 3.63) is 87.7 Å². The normalized spacial score (nSPS) is 14.8. The van der Waals surface area contributed by atoms with Crippen molar-refractivity contribution in [2.24, 2.45) is 0 Å². The van der Waals surface area contributed by atoms with Crippen LogP contribution >= 0.6 is 15.9 Å². The molecule has 0 radical (unpaired) electrons. The van der Waals surface area contributed by atoms with E-state index in [2.05, 4.69) is 21.2 Å². The van der Waals surface area contributed by atoms with Crippen molar-refractivity contribution in [3.63, 3.8) is 0 Å². The molecule has 8 heteroatoms. The second kappa shape index (κ2) is 8.61. The molecule has 31 heavy (non-hydrogen) atoms. The van der Waals surface area contributed by atoms with Crippen LogP contribution in [0.1, 0.15) is 21.7 Å². The van der Waals surface area contributed by atoms with Gasteiger partial charge < -0.3 is 14.5 Å². The summed E-state index contributed by atoms with van der Waals surface area (Å²) in [4.78, 5) is 38.1. The van der Waals surface area contributed by atoms with Crippen molar-refractivity contribution in [1.82, 2.24) is 10.2 Å². The van der Waals surface area contributed by atoms with Crippen LogP contribution in [-0.2, 0) is 16.1 Å². The molecule has 3 aromatic rings. The number of benzene rings is 2. The lowest BCUT2D eigenvalue weighted by Gasteiger charge is -2.11. The third kappa shape index (κ3) is 4.29. The van der Waals surface area contributed by atoms with Crippen molar-refractivity contribution >= 4 is 39.9 Å². The molecule has 4 rings (SSSR count). The zero-order chi connectivity index (χ0) is 22.0. The molecular weight excluding hydrogens is 464 g/mol. The Kier molecular flexibility index (Phi) is 5.73. The number of halogens is 1. The molecule has 1 N–H and O–H groups in total. The summed E-state index contributed by atoms with van der Waals surface area (Å²) < 4.78 is 11.5. The third-order valence-corrected chi connectivity index (χ3v) is 5.26. The van der Waals surface area contributed by atoms with Gasteiger partial charge in [0.25, 0.3) is 5.91 Å². The summed E-state index contributed by atoms with van der Waals surface area (Å²) in [6, 6.07) is 17.1. The topological polar surface area (TPSA) is 88.9 Å². The fraction of sp³-hybridized carbons (Fsp3) is 0.0870. The molecule has 3 amide bonds. The first kappa shape index (κ1) is 20.6. The summed E-state index contributed by atoms with van der Waals surface area (Å²) in [5.41, 5.74) is 1.87. The number of furan rings is 1. The Morgan fingerprint density at radius 1 is 1.10 bits per heavy atom. The fourth-order valence-corrected chi connectivity index (χ4v) is 3.46. The summed E-state index contributed by atoms with van der Waals surface area (Å²) in [6.45, 7) is 0.158. The van der Waals surface area contributed by atoms with Crippen LogP contribution < -0.4 is 5.32 Å². The number of imide groups is 1. The van der Waals surface area contributed by atoms with Gasteiger partial charge in [0.2, 0.25) is 0 Å². The summed E-state index contributed by atoms with van der Waals surface area (Å²) in [5, 5.41) is 2.58. The first-order chi connectivity index (χ1) is 15.0. The van der Waals surface area contributed by atoms with Crippen LogP contribution in [-0.4, -0.2) is 29.9 Å². The monoisotopic (exact) mass is 480 g/mol. The Balaban J connectivity index is 1.56. The number of esters is 1. The minimum atomic E-state index is -0.498. The third-order valence-electron chi connectivity index (χ3n) is 4.73. The number of ether oxygens (including phenoxy) is 1. The second-order valence-corrected chi connectivity index (χ2v) is 7.66. The van der Waals surface area contributed by atoms with Gasteiger partial charge in [-0.15, -0.1) is 0 Å². The largest absolute Gasteiger partial charge is 0.465 e. The van der Waals surface area contributed by atoms with E-state index < -0.39 is 17.9 Å². The lowest BCUT2D eigenvalue weighted by molar-refractivity contribution is -0.123. The molecule has 1 aliphatic rings. The van der Waals surface area contributed by atoms with Gasteiger partial charge in [-0.2, -0.15) is 0 Å². The summed E-state index contributed by atoms with van der Waals surface area (Å²) in [7, 11) is 1.31. The molecule has 1 aliphatic heterocycles.